The molecule has 1 aliphatic rings. The van der Waals surface area contributed by atoms with Gasteiger partial charge in [-0.1, -0.05) is 22.8 Å². The van der Waals surface area contributed by atoms with Crippen molar-refractivity contribution in [2.75, 3.05) is 25.4 Å². The summed E-state index contributed by atoms with van der Waals surface area (Å²) in [5.74, 6) is -0.0746. The molecule has 1 saturated heterocycles. The van der Waals surface area contributed by atoms with E-state index in [0.717, 1.165) is 50.0 Å². The largest absolute Gasteiger partial charge is 0.356 e. The first-order valence-electron chi connectivity index (χ1n) is 9.65. The third-order valence-electron chi connectivity index (χ3n) is 5.38. The SMILES string of the molecule is Cl.O=S(=O)(CC1CCN(CCCc2noc3cc(F)ccc23)C1)c1cccc(Cl)c1. The normalized spacial score (nSPS) is 17.3. The second-order valence-corrected chi connectivity index (χ2v) is 10.0. The summed E-state index contributed by atoms with van der Waals surface area (Å²) < 4.78 is 43.7. The molecule has 1 fully saturated rings. The third kappa shape index (κ3) is 5.32. The van der Waals surface area contributed by atoms with Gasteiger partial charge in [0.25, 0.3) is 0 Å². The molecule has 4 rings (SSSR count). The summed E-state index contributed by atoms with van der Waals surface area (Å²) in [4.78, 5) is 2.58. The molecule has 0 amide bonds. The Morgan fingerprint density at radius 2 is 2.07 bits per heavy atom. The molecule has 2 heterocycles. The molecule has 5 nitrogen and oxygen atoms in total. The smallest absolute Gasteiger partial charge is 0.178 e. The summed E-state index contributed by atoms with van der Waals surface area (Å²) in [5.41, 5.74) is 1.30. The fourth-order valence-corrected chi connectivity index (χ4v) is 5.87. The van der Waals surface area contributed by atoms with Crippen LogP contribution in [0.5, 0.6) is 0 Å². The number of benzene rings is 2. The molecule has 1 aliphatic heterocycles. The molecule has 0 spiro atoms. The van der Waals surface area contributed by atoms with Crippen LogP contribution in [0.3, 0.4) is 0 Å². The van der Waals surface area contributed by atoms with Crippen molar-refractivity contribution in [3.05, 3.63) is 59.0 Å². The van der Waals surface area contributed by atoms with E-state index < -0.39 is 9.84 Å². The van der Waals surface area contributed by atoms with Crippen molar-refractivity contribution in [2.24, 2.45) is 5.92 Å². The van der Waals surface area contributed by atoms with Gasteiger partial charge in [-0.15, -0.1) is 12.4 Å². The average molecular weight is 473 g/mol. The fraction of sp³-hybridized carbons (Fsp3) is 0.381. The van der Waals surface area contributed by atoms with Crippen molar-refractivity contribution in [2.45, 2.75) is 24.2 Å². The molecule has 0 aliphatic carbocycles. The van der Waals surface area contributed by atoms with Crippen LogP contribution in [0.2, 0.25) is 5.02 Å². The number of fused-ring (bicyclic) bond motifs is 1. The average Bonchev–Trinajstić information content (AvgIpc) is 3.28. The Kier molecular flexibility index (Phi) is 7.39. The van der Waals surface area contributed by atoms with Gasteiger partial charge in [-0.05, 0) is 68.6 Å². The van der Waals surface area contributed by atoms with Crippen LogP contribution >= 0.6 is 24.0 Å². The number of halogens is 3. The highest BCUT2D eigenvalue weighted by Gasteiger charge is 2.28. The summed E-state index contributed by atoms with van der Waals surface area (Å²) >= 11 is 5.93. The highest BCUT2D eigenvalue weighted by molar-refractivity contribution is 7.91. The van der Waals surface area contributed by atoms with Crippen LogP contribution in [0, 0.1) is 11.7 Å². The van der Waals surface area contributed by atoms with Gasteiger partial charge >= 0.3 is 0 Å². The molecule has 1 atom stereocenters. The fourth-order valence-electron chi connectivity index (χ4n) is 3.93. The molecule has 2 aromatic carbocycles. The summed E-state index contributed by atoms with van der Waals surface area (Å²) in [7, 11) is -3.34. The molecule has 162 valence electrons. The van der Waals surface area contributed by atoms with Crippen LogP contribution in [0.15, 0.2) is 51.9 Å². The van der Waals surface area contributed by atoms with E-state index >= 15 is 0 Å². The quantitative estimate of drug-likeness (QED) is 0.495. The van der Waals surface area contributed by atoms with Gasteiger partial charge in [-0.2, -0.15) is 0 Å². The van der Waals surface area contributed by atoms with Crippen molar-refractivity contribution >= 4 is 44.8 Å². The zero-order chi connectivity index (χ0) is 20.4. The monoisotopic (exact) mass is 472 g/mol. The van der Waals surface area contributed by atoms with E-state index in [9.17, 15) is 12.8 Å². The van der Waals surface area contributed by atoms with E-state index in [2.05, 4.69) is 10.1 Å². The number of nitrogens with zero attached hydrogens (tertiary/aromatic N) is 2. The number of aryl methyl sites for hydroxylation is 1. The number of aromatic nitrogens is 1. The van der Waals surface area contributed by atoms with Gasteiger partial charge in [0, 0.05) is 23.0 Å². The summed E-state index contributed by atoms with van der Waals surface area (Å²) in [6.07, 6.45) is 2.49. The van der Waals surface area contributed by atoms with Crippen LogP contribution in [-0.4, -0.2) is 43.9 Å². The standard InChI is InChI=1S/C21H22ClFN2O3S.ClH/c22-16-3-1-4-18(11-16)29(26,27)14-15-8-10-25(13-15)9-2-5-20-19-7-6-17(23)12-21(19)28-24-20;/h1,3-4,6-7,11-12,15H,2,5,8-10,13-14H2;1H. The predicted molar refractivity (Wildman–Crippen MR) is 118 cm³/mol. The number of hydrogen-bond acceptors (Lipinski definition) is 5. The number of likely N-dealkylation sites (tertiary alicyclic amines) is 1. The molecular weight excluding hydrogens is 450 g/mol. The first-order valence-corrected chi connectivity index (χ1v) is 11.7. The van der Waals surface area contributed by atoms with Gasteiger partial charge < -0.3 is 9.42 Å². The first kappa shape index (κ1) is 23.0. The molecule has 0 bridgehead atoms. The van der Waals surface area contributed by atoms with Gasteiger partial charge in [0.2, 0.25) is 0 Å². The Balaban J connectivity index is 0.00000256. The Labute approximate surface area is 186 Å². The first-order chi connectivity index (χ1) is 13.9. The van der Waals surface area contributed by atoms with Crippen molar-refractivity contribution < 1.29 is 17.3 Å². The highest BCUT2D eigenvalue weighted by atomic mass is 35.5. The Morgan fingerprint density at radius 1 is 1.23 bits per heavy atom. The molecular formula is C21H23Cl2FN2O3S. The van der Waals surface area contributed by atoms with E-state index in [1.54, 1.807) is 24.3 Å². The molecule has 3 aromatic rings. The molecule has 0 radical (unpaired) electrons. The van der Waals surface area contributed by atoms with Crippen LogP contribution in [0.1, 0.15) is 18.5 Å². The second-order valence-electron chi connectivity index (χ2n) is 7.57. The lowest BCUT2D eigenvalue weighted by atomic mass is 10.1. The van der Waals surface area contributed by atoms with Gasteiger partial charge in [0.1, 0.15) is 5.82 Å². The number of sulfone groups is 1. The van der Waals surface area contributed by atoms with E-state index in [4.69, 9.17) is 16.1 Å². The Morgan fingerprint density at radius 3 is 2.87 bits per heavy atom. The molecule has 0 N–H and O–H groups in total. The molecule has 30 heavy (non-hydrogen) atoms. The van der Waals surface area contributed by atoms with Crippen LogP contribution in [0.4, 0.5) is 4.39 Å². The zero-order valence-electron chi connectivity index (χ0n) is 16.3. The molecule has 9 heteroatoms. The van der Waals surface area contributed by atoms with Crippen molar-refractivity contribution in [3.8, 4) is 0 Å². The van der Waals surface area contributed by atoms with Crippen LogP contribution in [-0.2, 0) is 16.3 Å². The van der Waals surface area contributed by atoms with Gasteiger partial charge in [0.15, 0.2) is 15.4 Å². The van der Waals surface area contributed by atoms with E-state index in [1.807, 2.05) is 0 Å². The van der Waals surface area contributed by atoms with E-state index in [1.165, 1.54) is 18.2 Å². The minimum Gasteiger partial charge on any atom is -0.356 e. The minimum atomic E-state index is -3.34. The van der Waals surface area contributed by atoms with Crippen molar-refractivity contribution in [1.29, 1.82) is 0 Å². The Hall–Kier alpha value is -1.67. The lowest BCUT2D eigenvalue weighted by Gasteiger charge is -2.15. The van der Waals surface area contributed by atoms with Gasteiger partial charge in [-0.25, -0.2) is 12.8 Å². The van der Waals surface area contributed by atoms with Crippen molar-refractivity contribution in [3.63, 3.8) is 0 Å². The van der Waals surface area contributed by atoms with Crippen LogP contribution < -0.4 is 0 Å². The van der Waals surface area contributed by atoms with Crippen LogP contribution in [0.25, 0.3) is 11.0 Å². The minimum absolute atomic E-state index is 0. The molecule has 0 saturated carbocycles. The maximum absolute atomic E-state index is 13.2. The second kappa shape index (κ2) is 9.64. The topological polar surface area (TPSA) is 63.4 Å². The number of rotatable bonds is 7. The molecule has 1 aromatic heterocycles. The van der Waals surface area contributed by atoms with E-state index in [-0.39, 0.29) is 34.8 Å². The van der Waals surface area contributed by atoms with Gasteiger partial charge in [0.05, 0.1) is 16.3 Å². The summed E-state index contributed by atoms with van der Waals surface area (Å²) in [5, 5.41) is 5.33. The maximum atomic E-state index is 13.2. The van der Waals surface area contributed by atoms with E-state index in [0.29, 0.717) is 10.6 Å². The lowest BCUT2D eigenvalue weighted by Crippen LogP contribution is -2.24. The Bertz CT molecular complexity index is 1120. The van der Waals surface area contributed by atoms with Crippen molar-refractivity contribution in [1.82, 2.24) is 10.1 Å². The summed E-state index contributed by atoms with van der Waals surface area (Å²) in [6.45, 7) is 2.52. The highest BCUT2D eigenvalue weighted by Crippen LogP contribution is 2.25. The van der Waals surface area contributed by atoms with Gasteiger partial charge in [-0.3, -0.25) is 0 Å². The zero-order valence-corrected chi connectivity index (χ0v) is 18.6. The predicted octanol–water partition coefficient (Wildman–Crippen LogP) is 4.77. The summed E-state index contributed by atoms with van der Waals surface area (Å²) in [6, 6.07) is 10.9. The maximum Gasteiger partial charge on any atom is 0.178 e. The third-order valence-corrected chi connectivity index (χ3v) is 7.49. The lowest BCUT2D eigenvalue weighted by molar-refractivity contribution is 0.322. The number of hydrogen-bond donors (Lipinski definition) is 0. The molecule has 1 unspecified atom stereocenters.